The SMILES string of the molecule is O=C(Cl)C(=O)CC1CCCC1. The van der Waals surface area contributed by atoms with Gasteiger partial charge in [-0.3, -0.25) is 9.59 Å². The van der Waals surface area contributed by atoms with E-state index >= 15 is 0 Å². The summed E-state index contributed by atoms with van der Waals surface area (Å²) in [5, 5.41) is -0.808. The molecule has 0 spiro atoms. The summed E-state index contributed by atoms with van der Waals surface area (Å²) in [5.74, 6) is 0.00349. The van der Waals surface area contributed by atoms with Gasteiger partial charge < -0.3 is 0 Å². The first kappa shape index (κ1) is 8.72. The highest BCUT2D eigenvalue weighted by molar-refractivity contribution is 6.81. The first-order chi connectivity index (χ1) is 5.20. The summed E-state index contributed by atoms with van der Waals surface area (Å²) >= 11 is 5.02. The number of ketones is 1. The topological polar surface area (TPSA) is 34.1 Å². The van der Waals surface area contributed by atoms with Gasteiger partial charge in [-0.15, -0.1) is 0 Å². The zero-order valence-corrected chi connectivity index (χ0v) is 7.06. The van der Waals surface area contributed by atoms with Crippen LogP contribution in [0.25, 0.3) is 0 Å². The zero-order valence-electron chi connectivity index (χ0n) is 6.31. The molecular weight excluding hydrogens is 164 g/mol. The van der Waals surface area contributed by atoms with Crippen LogP contribution in [0.3, 0.4) is 0 Å². The largest absolute Gasteiger partial charge is 0.289 e. The van der Waals surface area contributed by atoms with Crippen LogP contribution in [0.5, 0.6) is 0 Å². The van der Waals surface area contributed by atoms with Gasteiger partial charge in [-0.1, -0.05) is 25.7 Å². The van der Waals surface area contributed by atoms with Crippen molar-refractivity contribution in [3.63, 3.8) is 0 Å². The normalized spacial score (nSPS) is 18.6. The number of carbonyl (C=O) groups excluding carboxylic acids is 2. The van der Waals surface area contributed by atoms with Crippen LogP contribution in [-0.4, -0.2) is 11.0 Å². The summed E-state index contributed by atoms with van der Waals surface area (Å²) in [6.45, 7) is 0. The molecule has 0 aromatic rings. The van der Waals surface area contributed by atoms with Gasteiger partial charge in [0.1, 0.15) is 0 Å². The maximum Gasteiger partial charge on any atom is 0.288 e. The quantitative estimate of drug-likeness (QED) is 0.484. The molecule has 1 aliphatic carbocycles. The van der Waals surface area contributed by atoms with Gasteiger partial charge in [-0.25, -0.2) is 0 Å². The van der Waals surface area contributed by atoms with Crippen molar-refractivity contribution >= 4 is 22.6 Å². The van der Waals surface area contributed by atoms with Crippen molar-refractivity contribution in [2.45, 2.75) is 32.1 Å². The highest BCUT2D eigenvalue weighted by Gasteiger charge is 2.21. The van der Waals surface area contributed by atoms with E-state index in [4.69, 9.17) is 11.6 Å². The van der Waals surface area contributed by atoms with Gasteiger partial charge in [-0.2, -0.15) is 0 Å². The van der Waals surface area contributed by atoms with Crippen LogP contribution in [0.1, 0.15) is 32.1 Å². The van der Waals surface area contributed by atoms with E-state index in [0.29, 0.717) is 12.3 Å². The predicted molar refractivity (Wildman–Crippen MR) is 42.4 cm³/mol. The highest BCUT2D eigenvalue weighted by Crippen LogP contribution is 2.27. The number of halogens is 1. The van der Waals surface area contributed by atoms with E-state index in [0.717, 1.165) is 12.8 Å². The van der Waals surface area contributed by atoms with Crippen LogP contribution in [0.4, 0.5) is 0 Å². The molecule has 0 unspecified atom stereocenters. The Morgan fingerprint density at radius 2 is 1.82 bits per heavy atom. The molecule has 3 heteroatoms. The first-order valence-corrected chi connectivity index (χ1v) is 4.30. The summed E-state index contributed by atoms with van der Waals surface area (Å²) in [7, 11) is 0. The molecule has 2 nitrogen and oxygen atoms in total. The molecule has 0 saturated heterocycles. The Morgan fingerprint density at radius 1 is 1.27 bits per heavy atom. The van der Waals surface area contributed by atoms with E-state index in [1.807, 2.05) is 0 Å². The summed E-state index contributed by atoms with van der Waals surface area (Å²) < 4.78 is 0. The molecule has 11 heavy (non-hydrogen) atoms. The Balaban J connectivity index is 2.29. The third-order valence-corrected chi connectivity index (χ3v) is 2.38. The van der Waals surface area contributed by atoms with Crippen LogP contribution in [0.15, 0.2) is 0 Å². The van der Waals surface area contributed by atoms with Gasteiger partial charge >= 0.3 is 0 Å². The number of rotatable bonds is 3. The van der Waals surface area contributed by atoms with Crippen LogP contribution >= 0.6 is 11.6 Å². The van der Waals surface area contributed by atoms with Gasteiger partial charge in [0.25, 0.3) is 5.24 Å². The fourth-order valence-corrected chi connectivity index (χ4v) is 1.63. The minimum Gasteiger partial charge on any atom is -0.289 e. The minimum atomic E-state index is -0.808. The second-order valence-corrected chi connectivity index (χ2v) is 3.39. The summed E-state index contributed by atoms with van der Waals surface area (Å²) in [6.07, 6.45) is 4.90. The predicted octanol–water partition coefficient (Wildman–Crippen LogP) is 1.90. The molecule has 0 aromatic carbocycles. The third kappa shape index (κ3) is 2.62. The lowest BCUT2D eigenvalue weighted by atomic mass is 10.0. The van der Waals surface area contributed by atoms with Gasteiger partial charge in [-0.05, 0) is 17.5 Å². The van der Waals surface area contributed by atoms with Gasteiger partial charge in [0.15, 0.2) is 0 Å². The Bertz CT molecular complexity index is 171. The van der Waals surface area contributed by atoms with Crippen molar-refractivity contribution in [1.29, 1.82) is 0 Å². The molecule has 1 fully saturated rings. The summed E-state index contributed by atoms with van der Waals surface area (Å²) in [4.78, 5) is 21.2. The van der Waals surface area contributed by atoms with Crippen LogP contribution in [-0.2, 0) is 9.59 Å². The second-order valence-electron chi connectivity index (χ2n) is 3.05. The molecule has 0 radical (unpaired) electrons. The van der Waals surface area contributed by atoms with Gasteiger partial charge in [0.2, 0.25) is 5.78 Å². The van der Waals surface area contributed by atoms with Crippen molar-refractivity contribution in [3.8, 4) is 0 Å². The van der Waals surface area contributed by atoms with E-state index in [1.54, 1.807) is 0 Å². The summed E-state index contributed by atoms with van der Waals surface area (Å²) in [6, 6.07) is 0. The fraction of sp³-hybridized carbons (Fsp3) is 0.750. The molecule has 0 N–H and O–H groups in total. The molecule has 0 bridgehead atoms. The highest BCUT2D eigenvalue weighted by atomic mass is 35.5. The Labute approximate surface area is 70.9 Å². The average Bonchev–Trinajstić information content (AvgIpc) is 2.39. The van der Waals surface area contributed by atoms with E-state index in [2.05, 4.69) is 0 Å². The molecule has 0 aliphatic heterocycles. The lowest BCUT2D eigenvalue weighted by molar-refractivity contribution is -0.132. The summed E-state index contributed by atoms with van der Waals surface area (Å²) in [5.41, 5.74) is 0. The van der Waals surface area contributed by atoms with Crippen LogP contribution in [0, 0.1) is 5.92 Å². The van der Waals surface area contributed by atoms with Gasteiger partial charge in [0.05, 0.1) is 0 Å². The smallest absolute Gasteiger partial charge is 0.288 e. The first-order valence-electron chi connectivity index (χ1n) is 3.93. The molecule has 1 rings (SSSR count). The number of carbonyl (C=O) groups is 2. The number of hydrogen-bond acceptors (Lipinski definition) is 2. The van der Waals surface area contributed by atoms with E-state index < -0.39 is 11.0 Å². The molecule has 0 amide bonds. The van der Waals surface area contributed by atoms with Crippen molar-refractivity contribution in [2.24, 2.45) is 5.92 Å². The van der Waals surface area contributed by atoms with Crippen molar-refractivity contribution < 1.29 is 9.59 Å². The lowest BCUT2D eigenvalue weighted by Crippen LogP contribution is -2.11. The Morgan fingerprint density at radius 3 is 2.27 bits per heavy atom. The number of hydrogen-bond donors (Lipinski definition) is 0. The zero-order chi connectivity index (χ0) is 8.27. The monoisotopic (exact) mass is 174 g/mol. The van der Waals surface area contributed by atoms with Crippen LogP contribution in [0.2, 0.25) is 0 Å². The van der Waals surface area contributed by atoms with Crippen LogP contribution < -0.4 is 0 Å². The van der Waals surface area contributed by atoms with Crippen molar-refractivity contribution in [1.82, 2.24) is 0 Å². The lowest BCUT2D eigenvalue weighted by Gasteiger charge is -2.03. The van der Waals surface area contributed by atoms with E-state index in [9.17, 15) is 9.59 Å². The minimum absolute atomic E-state index is 0.363. The third-order valence-electron chi connectivity index (χ3n) is 2.17. The number of Topliss-reactive ketones (excluding diaryl/α,β-unsaturated/α-hetero) is 1. The molecule has 62 valence electrons. The maximum absolute atomic E-state index is 10.8. The van der Waals surface area contributed by atoms with Crippen molar-refractivity contribution in [2.75, 3.05) is 0 Å². The molecule has 0 atom stereocenters. The maximum atomic E-state index is 10.8. The average molecular weight is 175 g/mol. The second kappa shape index (κ2) is 3.86. The van der Waals surface area contributed by atoms with E-state index in [1.165, 1.54) is 12.8 Å². The van der Waals surface area contributed by atoms with Gasteiger partial charge in [0, 0.05) is 6.42 Å². The fourth-order valence-electron chi connectivity index (χ4n) is 1.56. The molecular formula is C8H11ClO2. The standard InChI is InChI=1S/C8H11ClO2/c9-8(11)7(10)5-6-3-1-2-4-6/h6H,1-5H2. The Kier molecular flexibility index (Phi) is 3.06. The molecule has 0 aromatic heterocycles. The molecule has 1 aliphatic rings. The Hall–Kier alpha value is -0.370. The molecule has 0 heterocycles. The molecule has 1 saturated carbocycles. The van der Waals surface area contributed by atoms with Crippen molar-refractivity contribution in [3.05, 3.63) is 0 Å². The van der Waals surface area contributed by atoms with E-state index in [-0.39, 0.29) is 0 Å².